The molecule has 0 radical (unpaired) electrons. The first-order chi connectivity index (χ1) is 9.70. The molecule has 0 amide bonds. The summed E-state index contributed by atoms with van der Waals surface area (Å²) < 4.78 is 11.0. The molecule has 0 atom stereocenters. The quantitative estimate of drug-likeness (QED) is 0.264. The summed E-state index contributed by atoms with van der Waals surface area (Å²) in [5.74, 6) is -1.18. The number of carbonyl (C=O) groups excluding carboxylic acids is 2. The molecule has 0 saturated heterocycles. The number of hydrogen-bond acceptors (Lipinski definition) is 4. The van der Waals surface area contributed by atoms with Crippen molar-refractivity contribution >= 4 is 20.1 Å². The minimum atomic E-state index is -1.87. The second kappa shape index (κ2) is 9.36. The molecular weight excluding hydrogens is 284 g/mol. The zero-order valence-corrected chi connectivity index (χ0v) is 15.7. The number of rotatable bonds is 10. The van der Waals surface area contributed by atoms with Gasteiger partial charge in [0.1, 0.15) is 0 Å². The Hall–Kier alpha value is -0.683. The molecule has 0 rings (SSSR count). The van der Waals surface area contributed by atoms with Gasteiger partial charge in [-0.25, -0.2) is 4.79 Å². The molecule has 0 spiro atoms. The van der Waals surface area contributed by atoms with E-state index in [4.69, 9.17) is 9.16 Å². The molecule has 0 unspecified atom stereocenters. The zero-order valence-electron chi connectivity index (χ0n) is 14.7. The Balaban J connectivity index is 4.47. The average molecular weight is 317 g/mol. The molecule has 0 aromatic carbocycles. The fourth-order valence-corrected chi connectivity index (χ4v) is 8.79. The van der Waals surface area contributed by atoms with Crippen LogP contribution in [0.3, 0.4) is 0 Å². The molecule has 0 fully saturated rings. The average Bonchev–Trinajstić information content (AvgIpc) is 2.37. The van der Waals surface area contributed by atoms with Crippen molar-refractivity contribution < 1.29 is 18.8 Å². The third-order valence-corrected chi connectivity index (χ3v) is 10.2. The smallest absolute Gasteiger partial charge is 0.374 e. The van der Waals surface area contributed by atoms with Gasteiger partial charge in [-0.05, 0) is 30.0 Å². The number of hydrogen-bond donors (Lipinski definition) is 0. The molecule has 124 valence electrons. The Bertz CT molecular complexity index is 315. The van der Waals surface area contributed by atoms with Crippen molar-refractivity contribution in [2.45, 2.75) is 77.9 Å². The van der Waals surface area contributed by atoms with Crippen LogP contribution < -0.4 is 0 Å². The van der Waals surface area contributed by atoms with Crippen molar-refractivity contribution in [3.63, 3.8) is 0 Å². The van der Waals surface area contributed by atoms with Gasteiger partial charge >= 0.3 is 5.97 Å². The molecule has 0 aromatic rings. The standard InChI is InChI=1S/C16H32O4Si/c1-8-19-16(18)15(17)10-9-11-20-21(12(2)3,13(4)5)14(6)7/h12-14H,8-11H2,1-7H3. The van der Waals surface area contributed by atoms with E-state index in [1.54, 1.807) is 6.92 Å². The van der Waals surface area contributed by atoms with Gasteiger partial charge in [0.15, 0.2) is 8.32 Å². The largest absolute Gasteiger partial charge is 0.460 e. The van der Waals surface area contributed by atoms with Crippen LogP contribution in [0.1, 0.15) is 61.3 Å². The van der Waals surface area contributed by atoms with E-state index in [0.29, 0.717) is 29.7 Å². The van der Waals surface area contributed by atoms with Crippen LogP contribution in [0.5, 0.6) is 0 Å². The molecule has 0 N–H and O–H groups in total. The SMILES string of the molecule is CCOC(=O)C(=O)CCCO[Si](C(C)C)(C(C)C)C(C)C. The summed E-state index contributed by atoms with van der Waals surface area (Å²) in [7, 11) is -1.87. The Morgan fingerprint density at radius 2 is 1.43 bits per heavy atom. The van der Waals surface area contributed by atoms with E-state index in [1.165, 1.54) is 0 Å². The molecule has 0 aliphatic heterocycles. The molecule has 0 aliphatic rings. The maximum Gasteiger partial charge on any atom is 0.374 e. The van der Waals surface area contributed by atoms with Gasteiger partial charge in [0.25, 0.3) is 0 Å². The summed E-state index contributed by atoms with van der Waals surface area (Å²) in [6, 6.07) is 0. The maximum absolute atomic E-state index is 11.5. The van der Waals surface area contributed by atoms with E-state index in [0.717, 1.165) is 0 Å². The van der Waals surface area contributed by atoms with Gasteiger partial charge in [0.05, 0.1) is 6.61 Å². The first-order valence-corrected chi connectivity index (χ1v) is 10.2. The van der Waals surface area contributed by atoms with Gasteiger partial charge in [0.2, 0.25) is 5.78 Å². The van der Waals surface area contributed by atoms with Crippen LogP contribution in [0, 0.1) is 0 Å². The lowest BCUT2D eigenvalue weighted by atomic mass is 10.2. The topological polar surface area (TPSA) is 52.6 Å². The predicted octanol–water partition coefficient (Wildman–Crippen LogP) is 4.09. The lowest BCUT2D eigenvalue weighted by Crippen LogP contribution is -2.48. The minimum absolute atomic E-state index is 0.206. The van der Waals surface area contributed by atoms with Gasteiger partial charge in [-0.2, -0.15) is 0 Å². The summed E-state index contributed by atoms with van der Waals surface area (Å²) in [6.45, 7) is 15.9. The molecule has 4 nitrogen and oxygen atoms in total. The Kier molecular flexibility index (Phi) is 9.05. The molecule has 0 aromatic heterocycles. The van der Waals surface area contributed by atoms with Crippen LogP contribution >= 0.6 is 0 Å². The van der Waals surface area contributed by atoms with Crippen LogP contribution in [-0.4, -0.2) is 33.3 Å². The summed E-state index contributed by atoms with van der Waals surface area (Å²) in [5, 5.41) is 0. The monoisotopic (exact) mass is 316 g/mol. The van der Waals surface area contributed by atoms with Crippen molar-refractivity contribution in [3.05, 3.63) is 0 Å². The molecule has 0 saturated carbocycles. The first-order valence-electron chi connectivity index (χ1n) is 8.03. The normalized spacial score (nSPS) is 12.3. The Labute approximate surface area is 130 Å². The number of Topliss-reactive ketones (excluding diaryl/α,β-unsaturated/α-hetero) is 1. The van der Waals surface area contributed by atoms with E-state index in [-0.39, 0.29) is 13.0 Å². The third kappa shape index (κ3) is 5.55. The first kappa shape index (κ1) is 20.3. The lowest BCUT2D eigenvalue weighted by Gasteiger charge is -2.42. The Morgan fingerprint density at radius 1 is 0.952 bits per heavy atom. The number of ketones is 1. The Morgan fingerprint density at radius 3 is 1.81 bits per heavy atom. The van der Waals surface area contributed by atoms with Gasteiger partial charge in [-0.15, -0.1) is 0 Å². The highest BCUT2D eigenvalue weighted by atomic mass is 28.4. The van der Waals surface area contributed by atoms with Gasteiger partial charge < -0.3 is 9.16 Å². The molecule has 0 heterocycles. The van der Waals surface area contributed by atoms with Crippen LogP contribution in [-0.2, 0) is 18.8 Å². The highest BCUT2D eigenvalue weighted by Crippen LogP contribution is 2.42. The van der Waals surface area contributed by atoms with E-state index in [9.17, 15) is 9.59 Å². The van der Waals surface area contributed by atoms with E-state index in [1.807, 2.05) is 0 Å². The van der Waals surface area contributed by atoms with Crippen LogP contribution in [0.15, 0.2) is 0 Å². The van der Waals surface area contributed by atoms with Crippen molar-refractivity contribution in [1.29, 1.82) is 0 Å². The van der Waals surface area contributed by atoms with Crippen molar-refractivity contribution in [1.82, 2.24) is 0 Å². The molecule has 5 heteroatoms. The van der Waals surface area contributed by atoms with Crippen molar-refractivity contribution in [3.8, 4) is 0 Å². The summed E-state index contributed by atoms with van der Waals surface area (Å²) in [4.78, 5) is 22.8. The molecule has 21 heavy (non-hydrogen) atoms. The molecular formula is C16H32O4Si. The summed E-state index contributed by atoms with van der Waals surface area (Å²) >= 11 is 0. The number of esters is 1. The predicted molar refractivity (Wildman–Crippen MR) is 87.9 cm³/mol. The van der Waals surface area contributed by atoms with E-state index < -0.39 is 20.1 Å². The van der Waals surface area contributed by atoms with Crippen LogP contribution in [0.2, 0.25) is 16.6 Å². The summed E-state index contributed by atoms with van der Waals surface area (Å²) in [5.41, 5.74) is 1.58. The minimum Gasteiger partial charge on any atom is -0.460 e. The maximum atomic E-state index is 11.5. The lowest BCUT2D eigenvalue weighted by molar-refractivity contribution is -0.153. The second-order valence-electron chi connectivity index (χ2n) is 6.41. The van der Waals surface area contributed by atoms with E-state index in [2.05, 4.69) is 41.5 Å². The second-order valence-corrected chi connectivity index (χ2v) is 11.9. The highest BCUT2D eigenvalue weighted by Gasteiger charge is 2.44. The van der Waals surface area contributed by atoms with Crippen LogP contribution in [0.4, 0.5) is 0 Å². The molecule has 0 bridgehead atoms. The third-order valence-electron chi connectivity index (χ3n) is 4.11. The van der Waals surface area contributed by atoms with Gasteiger partial charge in [-0.3, -0.25) is 4.79 Å². The number of carbonyl (C=O) groups is 2. The summed E-state index contributed by atoms with van der Waals surface area (Å²) in [6.07, 6.45) is 0.788. The fraction of sp³-hybridized carbons (Fsp3) is 0.875. The van der Waals surface area contributed by atoms with Gasteiger partial charge in [0, 0.05) is 13.0 Å². The van der Waals surface area contributed by atoms with Gasteiger partial charge in [-0.1, -0.05) is 41.5 Å². The van der Waals surface area contributed by atoms with Crippen molar-refractivity contribution in [2.75, 3.05) is 13.2 Å². The zero-order chi connectivity index (χ0) is 16.6. The molecule has 0 aliphatic carbocycles. The van der Waals surface area contributed by atoms with Crippen LogP contribution in [0.25, 0.3) is 0 Å². The highest BCUT2D eigenvalue weighted by molar-refractivity contribution is 6.77. The number of ether oxygens (including phenoxy) is 1. The van der Waals surface area contributed by atoms with E-state index >= 15 is 0 Å². The van der Waals surface area contributed by atoms with Crippen molar-refractivity contribution in [2.24, 2.45) is 0 Å². The fourth-order valence-electron chi connectivity index (χ4n) is 3.30.